The predicted molar refractivity (Wildman–Crippen MR) is 107 cm³/mol. The van der Waals surface area contributed by atoms with Gasteiger partial charge in [-0.2, -0.15) is 0 Å². The standard InChI is InChI=1S/C25H22/c1-19-14-16-22(17-15-19)25(18-20-8-3-2-4-9-20)24-13-7-11-21-10-5-6-12-23(21)24/h2-17,25H,18H2,1H3. The zero-order valence-corrected chi connectivity index (χ0v) is 14.5. The van der Waals surface area contributed by atoms with E-state index >= 15 is 0 Å². The van der Waals surface area contributed by atoms with E-state index in [-0.39, 0.29) is 0 Å². The maximum atomic E-state index is 2.29. The van der Waals surface area contributed by atoms with E-state index < -0.39 is 0 Å². The SMILES string of the molecule is Cc1ccc(C(Cc2ccccc2)c2cccc3ccccc23)cc1. The van der Waals surface area contributed by atoms with E-state index in [0.29, 0.717) is 5.92 Å². The van der Waals surface area contributed by atoms with Crippen LogP contribution in [-0.2, 0) is 6.42 Å². The Labute approximate surface area is 149 Å². The van der Waals surface area contributed by atoms with Crippen LogP contribution in [0.3, 0.4) is 0 Å². The Morgan fingerprint density at radius 1 is 0.640 bits per heavy atom. The quantitative estimate of drug-likeness (QED) is 0.401. The average Bonchev–Trinajstić information content (AvgIpc) is 2.67. The summed E-state index contributed by atoms with van der Waals surface area (Å²) in [7, 11) is 0. The molecule has 1 unspecified atom stereocenters. The van der Waals surface area contributed by atoms with Crippen molar-refractivity contribution in [2.45, 2.75) is 19.3 Å². The van der Waals surface area contributed by atoms with Crippen molar-refractivity contribution in [1.82, 2.24) is 0 Å². The third-order valence-electron chi connectivity index (χ3n) is 4.96. The zero-order chi connectivity index (χ0) is 17.1. The fourth-order valence-corrected chi connectivity index (χ4v) is 3.61. The first kappa shape index (κ1) is 15.7. The fourth-order valence-electron chi connectivity index (χ4n) is 3.61. The molecule has 0 aliphatic heterocycles. The molecule has 4 aromatic rings. The average molecular weight is 322 g/mol. The van der Waals surface area contributed by atoms with Crippen LogP contribution in [0.25, 0.3) is 10.8 Å². The van der Waals surface area contributed by atoms with E-state index in [1.165, 1.54) is 33.0 Å². The van der Waals surface area contributed by atoms with E-state index in [1.54, 1.807) is 0 Å². The van der Waals surface area contributed by atoms with Crippen LogP contribution >= 0.6 is 0 Å². The molecule has 25 heavy (non-hydrogen) atoms. The van der Waals surface area contributed by atoms with Crippen molar-refractivity contribution in [3.8, 4) is 0 Å². The van der Waals surface area contributed by atoms with Crippen LogP contribution in [-0.4, -0.2) is 0 Å². The molecule has 0 N–H and O–H groups in total. The van der Waals surface area contributed by atoms with Gasteiger partial charge in [-0.05, 0) is 40.8 Å². The number of benzene rings is 4. The van der Waals surface area contributed by atoms with Gasteiger partial charge < -0.3 is 0 Å². The maximum absolute atomic E-state index is 2.29. The molecule has 4 rings (SSSR count). The van der Waals surface area contributed by atoms with Gasteiger partial charge in [0, 0.05) is 5.92 Å². The largest absolute Gasteiger partial charge is 0.0622 e. The van der Waals surface area contributed by atoms with E-state index in [4.69, 9.17) is 0 Å². The summed E-state index contributed by atoms with van der Waals surface area (Å²) in [6.07, 6.45) is 1.01. The zero-order valence-electron chi connectivity index (χ0n) is 14.5. The van der Waals surface area contributed by atoms with Gasteiger partial charge in [0.1, 0.15) is 0 Å². The molecule has 0 bridgehead atoms. The van der Waals surface area contributed by atoms with Gasteiger partial charge in [0.2, 0.25) is 0 Å². The van der Waals surface area contributed by atoms with Crippen molar-refractivity contribution >= 4 is 10.8 Å². The highest BCUT2D eigenvalue weighted by Gasteiger charge is 2.17. The molecule has 0 aliphatic carbocycles. The van der Waals surface area contributed by atoms with E-state index in [1.807, 2.05) is 0 Å². The minimum atomic E-state index is 0.356. The summed E-state index contributed by atoms with van der Waals surface area (Å²) in [6, 6.07) is 35.2. The Morgan fingerprint density at radius 3 is 2.12 bits per heavy atom. The monoisotopic (exact) mass is 322 g/mol. The lowest BCUT2D eigenvalue weighted by Gasteiger charge is -2.20. The molecular weight excluding hydrogens is 300 g/mol. The lowest BCUT2D eigenvalue weighted by atomic mass is 9.83. The maximum Gasteiger partial charge on any atom is 0.0136 e. The minimum absolute atomic E-state index is 0.356. The van der Waals surface area contributed by atoms with Gasteiger partial charge in [0.15, 0.2) is 0 Å². The lowest BCUT2D eigenvalue weighted by Crippen LogP contribution is -2.06. The molecule has 0 fully saturated rings. The molecule has 0 spiro atoms. The molecule has 0 heterocycles. The highest BCUT2D eigenvalue weighted by atomic mass is 14.2. The molecule has 0 saturated carbocycles. The molecule has 0 radical (unpaired) electrons. The molecule has 0 aliphatic rings. The molecular formula is C25H22. The van der Waals surface area contributed by atoms with Crippen molar-refractivity contribution in [3.05, 3.63) is 119 Å². The Morgan fingerprint density at radius 2 is 1.32 bits per heavy atom. The summed E-state index contributed by atoms with van der Waals surface area (Å²) < 4.78 is 0. The first-order valence-corrected chi connectivity index (χ1v) is 8.89. The van der Waals surface area contributed by atoms with E-state index in [2.05, 4.69) is 104 Å². The summed E-state index contributed by atoms with van der Waals surface area (Å²) in [5.41, 5.74) is 5.47. The van der Waals surface area contributed by atoms with Crippen molar-refractivity contribution in [1.29, 1.82) is 0 Å². The Bertz CT molecular complexity index is 960. The van der Waals surface area contributed by atoms with Gasteiger partial charge in [0.25, 0.3) is 0 Å². The summed E-state index contributed by atoms with van der Waals surface area (Å²) in [5.74, 6) is 0.356. The van der Waals surface area contributed by atoms with Crippen LogP contribution in [0.15, 0.2) is 97.1 Å². The summed E-state index contributed by atoms with van der Waals surface area (Å²) >= 11 is 0. The van der Waals surface area contributed by atoms with Gasteiger partial charge in [-0.1, -0.05) is 103 Å². The number of fused-ring (bicyclic) bond motifs is 1. The highest BCUT2D eigenvalue weighted by Crippen LogP contribution is 2.33. The van der Waals surface area contributed by atoms with Gasteiger partial charge >= 0.3 is 0 Å². The Kier molecular flexibility index (Phi) is 4.35. The third-order valence-corrected chi connectivity index (χ3v) is 4.96. The van der Waals surface area contributed by atoms with Crippen molar-refractivity contribution in [2.75, 3.05) is 0 Å². The molecule has 0 heteroatoms. The van der Waals surface area contributed by atoms with Crippen molar-refractivity contribution in [3.63, 3.8) is 0 Å². The second-order valence-corrected chi connectivity index (χ2v) is 6.72. The van der Waals surface area contributed by atoms with Crippen LogP contribution in [0.1, 0.15) is 28.2 Å². The second kappa shape index (κ2) is 6.94. The first-order valence-electron chi connectivity index (χ1n) is 8.89. The van der Waals surface area contributed by atoms with Crippen LogP contribution < -0.4 is 0 Å². The van der Waals surface area contributed by atoms with E-state index in [9.17, 15) is 0 Å². The minimum Gasteiger partial charge on any atom is -0.0622 e. The molecule has 0 saturated heterocycles. The Balaban J connectivity index is 1.85. The molecule has 0 aromatic heterocycles. The predicted octanol–water partition coefficient (Wildman–Crippen LogP) is 6.52. The van der Waals surface area contributed by atoms with Crippen molar-refractivity contribution in [2.24, 2.45) is 0 Å². The number of hydrogen-bond acceptors (Lipinski definition) is 0. The van der Waals surface area contributed by atoms with Crippen LogP contribution in [0, 0.1) is 6.92 Å². The number of aryl methyl sites for hydroxylation is 1. The molecule has 0 nitrogen and oxygen atoms in total. The summed E-state index contributed by atoms with van der Waals surface area (Å²) in [4.78, 5) is 0. The van der Waals surface area contributed by atoms with Crippen molar-refractivity contribution < 1.29 is 0 Å². The van der Waals surface area contributed by atoms with Gasteiger partial charge in [-0.3, -0.25) is 0 Å². The normalized spacial score (nSPS) is 12.2. The third kappa shape index (κ3) is 3.34. The molecule has 122 valence electrons. The van der Waals surface area contributed by atoms with Gasteiger partial charge in [0.05, 0.1) is 0 Å². The molecule has 1 atom stereocenters. The highest BCUT2D eigenvalue weighted by molar-refractivity contribution is 5.86. The topological polar surface area (TPSA) is 0 Å². The molecule has 4 aromatic carbocycles. The van der Waals surface area contributed by atoms with Gasteiger partial charge in [-0.25, -0.2) is 0 Å². The number of hydrogen-bond donors (Lipinski definition) is 0. The van der Waals surface area contributed by atoms with Crippen LogP contribution in [0.2, 0.25) is 0 Å². The second-order valence-electron chi connectivity index (χ2n) is 6.72. The Hall–Kier alpha value is -2.86. The summed E-state index contributed by atoms with van der Waals surface area (Å²) in [5, 5.41) is 2.66. The van der Waals surface area contributed by atoms with Gasteiger partial charge in [-0.15, -0.1) is 0 Å². The lowest BCUT2D eigenvalue weighted by molar-refractivity contribution is 0.812. The van der Waals surface area contributed by atoms with Crippen LogP contribution in [0.5, 0.6) is 0 Å². The fraction of sp³-hybridized carbons (Fsp3) is 0.120. The smallest absolute Gasteiger partial charge is 0.0136 e. The number of rotatable bonds is 4. The first-order chi connectivity index (χ1) is 12.3. The molecule has 0 amide bonds. The van der Waals surface area contributed by atoms with E-state index in [0.717, 1.165) is 6.42 Å². The van der Waals surface area contributed by atoms with Crippen LogP contribution in [0.4, 0.5) is 0 Å². The summed E-state index contributed by atoms with van der Waals surface area (Å²) in [6.45, 7) is 2.15.